The van der Waals surface area contributed by atoms with Gasteiger partial charge in [-0.3, -0.25) is 9.59 Å². The zero-order valence-corrected chi connectivity index (χ0v) is 14.6. The van der Waals surface area contributed by atoms with Crippen LogP contribution in [0.1, 0.15) is 29.3 Å². The van der Waals surface area contributed by atoms with E-state index in [1.54, 1.807) is 24.0 Å². The Kier molecular flexibility index (Phi) is 5.37. The molecule has 0 atom stereocenters. The number of phenols is 1. The number of aldehydes is 1. The molecule has 1 aliphatic heterocycles. The molecule has 1 N–H and O–H groups in total. The van der Waals surface area contributed by atoms with Gasteiger partial charge in [0.25, 0.3) is 0 Å². The van der Waals surface area contributed by atoms with Gasteiger partial charge in [0, 0.05) is 20.0 Å². The van der Waals surface area contributed by atoms with E-state index in [0.717, 1.165) is 23.1 Å². The van der Waals surface area contributed by atoms with Crippen LogP contribution >= 0.6 is 0 Å². The maximum Gasteiger partial charge on any atom is 0.219 e. The quantitative estimate of drug-likeness (QED) is 0.840. The standard InChI is InChI=1S/C21H21NO4/c1-15(24)22-11-10-18(16-6-3-2-4-7-16)17(12-22)14-26-21-9-5-8-20(25)19(21)13-23/h2-9,13,25H,10-12,14H2,1H3. The fraction of sp³-hybridized carbons (Fsp3) is 0.238. The number of phenolic OH excluding ortho intramolecular Hbond substituents is 1. The van der Waals surface area contributed by atoms with E-state index in [4.69, 9.17) is 4.74 Å². The molecule has 26 heavy (non-hydrogen) atoms. The minimum absolute atomic E-state index is 0.0283. The van der Waals surface area contributed by atoms with E-state index in [1.165, 1.54) is 6.07 Å². The molecule has 5 heteroatoms. The van der Waals surface area contributed by atoms with E-state index in [9.17, 15) is 14.7 Å². The molecule has 2 aromatic carbocycles. The highest BCUT2D eigenvalue weighted by Crippen LogP contribution is 2.30. The number of benzene rings is 2. The van der Waals surface area contributed by atoms with E-state index < -0.39 is 0 Å². The summed E-state index contributed by atoms with van der Waals surface area (Å²) in [5.74, 6) is 0.254. The number of carbonyl (C=O) groups is 2. The van der Waals surface area contributed by atoms with Gasteiger partial charge in [0.15, 0.2) is 6.29 Å². The summed E-state index contributed by atoms with van der Waals surface area (Å²) in [6.07, 6.45) is 1.34. The third-order valence-electron chi connectivity index (χ3n) is 4.57. The zero-order chi connectivity index (χ0) is 18.5. The number of aromatic hydroxyl groups is 1. The molecule has 0 aromatic heterocycles. The Morgan fingerprint density at radius 3 is 2.65 bits per heavy atom. The number of hydrogen-bond donors (Lipinski definition) is 1. The van der Waals surface area contributed by atoms with Crippen LogP contribution in [0, 0.1) is 0 Å². The topological polar surface area (TPSA) is 66.8 Å². The minimum Gasteiger partial charge on any atom is -0.507 e. The van der Waals surface area contributed by atoms with Crippen LogP contribution < -0.4 is 4.74 Å². The second kappa shape index (κ2) is 7.87. The first kappa shape index (κ1) is 17.7. The van der Waals surface area contributed by atoms with Crippen molar-refractivity contribution in [3.05, 3.63) is 65.2 Å². The Labute approximate surface area is 152 Å². The second-order valence-electron chi connectivity index (χ2n) is 6.23. The average Bonchev–Trinajstić information content (AvgIpc) is 2.66. The molecule has 2 aromatic rings. The minimum atomic E-state index is -0.108. The van der Waals surface area contributed by atoms with Crippen LogP contribution in [0.2, 0.25) is 0 Å². The van der Waals surface area contributed by atoms with Crippen molar-refractivity contribution in [2.45, 2.75) is 13.3 Å². The van der Waals surface area contributed by atoms with Crippen molar-refractivity contribution in [1.82, 2.24) is 4.90 Å². The van der Waals surface area contributed by atoms with Crippen molar-refractivity contribution >= 4 is 17.8 Å². The van der Waals surface area contributed by atoms with Crippen LogP contribution in [0.15, 0.2) is 54.1 Å². The maximum atomic E-state index is 11.8. The molecule has 3 rings (SSSR count). The lowest BCUT2D eigenvalue weighted by atomic mass is 9.93. The van der Waals surface area contributed by atoms with Gasteiger partial charge in [-0.05, 0) is 35.3 Å². The fourth-order valence-electron chi connectivity index (χ4n) is 3.16. The molecule has 134 valence electrons. The van der Waals surface area contributed by atoms with Crippen molar-refractivity contribution < 1.29 is 19.4 Å². The number of hydrogen-bond acceptors (Lipinski definition) is 4. The monoisotopic (exact) mass is 351 g/mol. The summed E-state index contributed by atoms with van der Waals surface area (Å²) >= 11 is 0. The lowest BCUT2D eigenvalue weighted by Gasteiger charge is -2.30. The predicted molar refractivity (Wildman–Crippen MR) is 99.2 cm³/mol. The van der Waals surface area contributed by atoms with Crippen LogP contribution in [-0.2, 0) is 4.79 Å². The number of rotatable bonds is 5. The lowest BCUT2D eigenvalue weighted by Crippen LogP contribution is -2.36. The number of amides is 1. The first-order valence-electron chi connectivity index (χ1n) is 8.52. The summed E-state index contributed by atoms with van der Waals surface area (Å²) in [4.78, 5) is 24.8. The highest BCUT2D eigenvalue weighted by molar-refractivity contribution is 5.83. The molecular formula is C21H21NO4. The average molecular weight is 351 g/mol. The highest BCUT2D eigenvalue weighted by Gasteiger charge is 2.22. The van der Waals surface area contributed by atoms with Gasteiger partial charge in [0.05, 0.1) is 5.56 Å². The van der Waals surface area contributed by atoms with Crippen molar-refractivity contribution in [2.75, 3.05) is 19.7 Å². The van der Waals surface area contributed by atoms with Gasteiger partial charge in [-0.2, -0.15) is 0 Å². The van der Waals surface area contributed by atoms with Crippen molar-refractivity contribution in [3.63, 3.8) is 0 Å². The Balaban J connectivity index is 1.90. The van der Waals surface area contributed by atoms with Gasteiger partial charge < -0.3 is 14.7 Å². The number of nitrogens with zero attached hydrogens (tertiary/aromatic N) is 1. The molecule has 1 aliphatic rings. The summed E-state index contributed by atoms with van der Waals surface area (Å²) in [5, 5.41) is 9.80. The Morgan fingerprint density at radius 1 is 1.19 bits per heavy atom. The molecule has 0 aliphatic carbocycles. The summed E-state index contributed by atoms with van der Waals surface area (Å²) in [6.45, 7) is 2.98. The molecule has 1 heterocycles. The first-order valence-corrected chi connectivity index (χ1v) is 8.52. The first-order chi connectivity index (χ1) is 12.6. The summed E-state index contributed by atoms with van der Waals surface area (Å²) in [6, 6.07) is 14.8. The molecular weight excluding hydrogens is 330 g/mol. The van der Waals surface area contributed by atoms with Gasteiger partial charge in [-0.25, -0.2) is 0 Å². The summed E-state index contributed by atoms with van der Waals surface area (Å²) in [7, 11) is 0. The molecule has 0 radical (unpaired) electrons. The van der Waals surface area contributed by atoms with Gasteiger partial charge in [-0.1, -0.05) is 36.4 Å². The molecule has 0 spiro atoms. The lowest BCUT2D eigenvalue weighted by molar-refractivity contribution is -0.128. The van der Waals surface area contributed by atoms with E-state index >= 15 is 0 Å². The molecule has 1 amide bonds. The highest BCUT2D eigenvalue weighted by atomic mass is 16.5. The van der Waals surface area contributed by atoms with Gasteiger partial charge >= 0.3 is 0 Å². The zero-order valence-electron chi connectivity index (χ0n) is 14.6. The van der Waals surface area contributed by atoms with Gasteiger partial charge in [0.2, 0.25) is 5.91 Å². The Morgan fingerprint density at radius 2 is 1.96 bits per heavy atom. The van der Waals surface area contributed by atoms with Crippen LogP contribution in [0.4, 0.5) is 0 Å². The van der Waals surface area contributed by atoms with Crippen molar-refractivity contribution in [2.24, 2.45) is 0 Å². The van der Waals surface area contributed by atoms with E-state index in [-0.39, 0.29) is 23.8 Å². The predicted octanol–water partition coefficient (Wildman–Crippen LogP) is 3.29. The van der Waals surface area contributed by atoms with Crippen LogP contribution in [0.25, 0.3) is 5.57 Å². The SMILES string of the molecule is CC(=O)N1CCC(c2ccccc2)=C(COc2cccc(O)c2C=O)C1. The molecule has 0 saturated carbocycles. The van der Waals surface area contributed by atoms with E-state index in [0.29, 0.717) is 25.1 Å². The molecule has 0 bridgehead atoms. The Bertz CT molecular complexity index is 842. The van der Waals surface area contributed by atoms with E-state index in [2.05, 4.69) is 0 Å². The molecule has 0 fully saturated rings. The third kappa shape index (κ3) is 3.77. The molecule has 0 saturated heterocycles. The fourth-order valence-corrected chi connectivity index (χ4v) is 3.16. The van der Waals surface area contributed by atoms with Gasteiger partial charge in [-0.15, -0.1) is 0 Å². The van der Waals surface area contributed by atoms with Crippen LogP contribution in [0.3, 0.4) is 0 Å². The smallest absolute Gasteiger partial charge is 0.219 e. The van der Waals surface area contributed by atoms with Crippen LogP contribution in [-0.4, -0.2) is 41.9 Å². The number of carbonyl (C=O) groups excluding carboxylic acids is 2. The van der Waals surface area contributed by atoms with E-state index in [1.807, 2.05) is 30.3 Å². The van der Waals surface area contributed by atoms with Crippen LogP contribution in [0.5, 0.6) is 11.5 Å². The Hall–Kier alpha value is -3.08. The number of ether oxygens (including phenoxy) is 1. The van der Waals surface area contributed by atoms with Crippen molar-refractivity contribution in [3.8, 4) is 11.5 Å². The molecule has 0 unspecified atom stereocenters. The summed E-state index contributed by atoms with van der Waals surface area (Å²) in [5.41, 5.74) is 3.41. The second-order valence-corrected chi connectivity index (χ2v) is 6.23. The van der Waals surface area contributed by atoms with Crippen molar-refractivity contribution in [1.29, 1.82) is 0 Å². The largest absolute Gasteiger partial charge is 0.507 e. The normalized spacial score (nSPS) is 14.3. The van der Waals surface area contributed by atoms with Gasteiger partial charge in [0.1, 0.15) is 18.1 Å². The third-order valence-corrected chi connectivity index (χ3v) is 4.57. The summed E-state index contributed by atoms with van der Waals surface area (Å²) < 4.78 is 5.84. The maximum absolute atomic E-state index is 11.8. The molecule has 5 nitrogen and oxygen atoms in total.